The number of hydrogen-bond donors (Lipinski definition) is 2. The van der Waals surface area contributed by atoms with E-state index in [0.29, 0.717) is 25.4 Å². The summed E-state index contributed by atoms with van der Waals surface area (Å²) in [5.74, 6) is -0.00988. The highest BCUT2D eigenvalue weighted by Gasteiger charge is 2.27. The number of benzene rings is 1. The lowest BCUT2D eigenvalue weighted by Gasteiger charge is -2.33. The van der Waals surface area contributed by atoms with E-state index in [4.69, 9.17) is 21.1 Å². The Labute approximate surface area is 170 Å². The van der Waals surface area contributed by atoms with Gasteiger partial charge >= 0.3 is 6.09 Å². The van der Waals surface area contributed by atoms with Crippen LogP contribution in [0.15, 0.2) is 18.2 Å². The fraction of sp³-hybridized carbons (Fsp3) is 0.650. The molecule has 1 amide bonds. The van der Waals surface area contributed by atoms with Crippen LogP contribution < -0.4 is 10.1 Å². The van der Waals surface area contributed by atoms with Gasteiger partial charge in [-0.25, -0.2) is 9.18 Å². The molecule has 1 atom stereocenters. The van der Waals surface area contributed by atoms with Gasteiger partial charge < -0.3 is 24.8 Å². The average molecular weight is 417 g/mol. The number of hydrogen-bond acceptors (Lipinski definition) is 5. The molecule has 0 aliphatic carbocycles. The van der Waals surface area contributed by atoms with Crippen molar-refractivity contribution in [1.82, 2.24) is 4.90 Å². The van der Waals surface area contributed by atoms with Crippen LogP contribution in [0.25, 0.3) is 0 Å². The van der Waals surface area contributed by atoms with E-state index in [2.05, 4.69) is 5.32 Å². The molecule has 158 valence electrons. The lowest BCUT2D eigenvalue weighted by molar-refractivity contribution is 0.0164. The molecule has 0 radical (unpaired) electrons. The molecule has 1 heterocycles. The molecule has 28 heavy (non-hydrogen) atoms. The Bertz CT molecular complexity index is 646. The molecular formula is C20H30ClFN2O4. The minimum atomic E-state index is -0.727. The Morgan fingerprint density at radius 1 is 1.39 bits per heavy atom. The molecular weight excluding hydrogens is 387 g/mol. The molecule has 0 aromatic heterocycles. The summed E-state index contributed by atoms with van der Waals surface area (Å²) in [6.07, 6.45) is 0.503. The smallest absolute Gasteiger partial charge is 0.410 e. The van der Waals surface area contributed by atoms with Crippen LogP contribution in [-0.2, 0) is 4.74 Å². The number of nitrogens with one attached hydrogen (secondary N) is 1. The highest BCUT2D eigenvalue weighted by molar-refractivity contribution is 6.18. The van der Waals surface area contributed by atoms with E-state index in [1.54, 1.807) is 17.0 Å². The third-order valence-electron chi connectivity index (χ3n) is 4.40. The lowest BCUT2D eigenvalue weighted by atomic mass is 9.98. The summed E-state index contributed by atoms with van der Waals surface area (Å²) in [6, 6.07) is 4.62. The number of para-hydroxylation sites is 1. The minimum absolute atomic E-state index is 0.0920. The fourth-order valence-electron chi connectivity index (χ4n) is 2.89. The quantitative estimate of drug-likeness (QED) is 0.660. The molecule has 0 bridgehead atoms. The molecule has 1 saturated heterocycles. The summed E-state index contributed by atoms with van der Waals surface area (Å²) >= 11 is 5.59. The zero-order valence-electron chi connectivity index (χ0n) is 16.7. The summed E-state index contributed by atoms with van der Waals surface area (Å²) in [5, 5.41) is 12.5. The van der Waals surface area contributed by atoms with Crippen molar-refractivity contribution in [1.29, 1.82) is 0 Å². The maximum atomic E-state index is 14.2. The first-order chi connectivity index (χ1) is 13.2. The molecule has 2 N–H and O–H groups in total. The summed E-state index contributed by atoms with van der Waals surface area (Å²) in [5.41, 5.74) is -0.0298. The zero-order chi connectivity index (χ0) is 20.7. The van der Waals surface area contributed by atoms with Crippen LogP contribution in [0, 0.1) is 11.7 Å². The van der Waals surface area contributed by atoms with Crippen LogP contribution in [0.5, 0.6) is 5.75 Å². The number of ether oxygens (including phenoxy) is 2. The van der Waals surface area contributed by atoms with Gasteiger partial charge in [-0.05, 0) is 51.7 Å². The van der Waals surface area contributed by atoms with Gasteiger partial charge in [0.25, 0.3) is 0 Å². The van der Waals surface area contributed by atoms with Crippen molar-refractivity contribution in [2.75, 3.05) is 37.4 Å². The molecule has 1 aliphatic rings. The van der Waals surface area contributed by atoms with E-state index in [1.807, 2.05) is 20.8 Å². The Balaban J connectivity index is 1.86. The second kappa shape index (κ2) is 10.2. The van der Waals surface area contributed by atoms with Gasteiger partial charge in [-0.1, -0.05) is 6.07 Å². The van der Waals surface area contributed by atoms with Crippen LogP contribution in [0.4, 0.5) is 14.9 Å². The second-order valence-electron chi connectivity index (χ2n) is 8.03. The Kier molecular flexibility index (Phi) is 8.19. The number of aliphatic hydroxyl groups excluding tert-OH is 1. The predicted molar refractivity (Wildman–Crippen MR) is 108 cm³/mol. The number of carbonyl (C=O) groups excluding carboxylic acids is 1. The first-order valence-corrected chi connectivity index (χ1v) is 10.1. The number of anilines is 1. The van der Waals surface area contributed by atoms with Crippen molar-refractivity contribution in [3.63, 3.8) is 0 Å². The minimum Gasteiger partial charge on any atom is -0.488 e. The van der Waals surface area contributed by atoms with Crippen LogP contribution in [0.1, 0.15) is 33.6 Å². The zero-order valence-corrected chi connectivity index (χ0v) is 17.5. The summed E-state index contributed by atoms with van der Waals surface area (Å²) < 4.78 is 25.4. The number of nitrogens with zero attached hydrogens (tertiary/aromatic N) is 1. The van der Waals surface area contributed by atoms with Crippen LogP contribution in [-0.4, -0.2) is 59.9 Å². The molecule has 8 heteroatoms. The molecule has 1 fully saturated rings. The van der Waals surface area contributed by atoms with Gasteiger partial charge in [0.2, 0.25) is 0 Å². The Hall–Kier alpha value is -1.73. The Morgan fingerprint density at radius 3 is 2.68 bits per heavy atom. The normalized spacial score (nSPS) is 16.6. The molecule has 0 saturated carbocycles. The molecule has 1 aliphatic heterocycles. The largest absolute Gasteiger partial charge is 0.488 e. The summed E-state index contributed by atoms with van der Waals surface area (Å²) in [4.78, 5) is 13.8. The maximum absolute atomic E-state index is 14.2. The molecule has 2 rings (SSSR count). The second-order valence-corrected chi connectivity index (χ2v) is 8.34. The van der Waals surface area contributed by atoms with Crippen LogP contribution in [0.2, 0.25) is 0 Å². The standard InChI is InChI=1S/C20H30ClFN2O4/c1-20(2,3)28-19(26)24-9-7-14(8-10-24)13-27-18-16(22)5-4-6-17(18)23-12-15(25)11-21/h4-6,14-15,23,25H,7-13H2,1-3H3. The summed E-state index contributed by atoms with van der Waals surface area (Å²) in [7, 11) is 0. The topological polar surface area (TPSA) is 71.0 Å². The fourth-order valence-corrected chi connectivity index (χ4v) is 3.00. The molecule has 1 aromatic rings. The Morgan fingerprint density at radius 2 is 2.07 bits per heavy atom. The van der Waals surface area contributed by atoms with Crippen LogP contribution >= 0.6 is 11.6 Å². The van der Waals surface area contributed by atoms with E-state index in [9.17, 15) is 14.3 Å². The number of halogens is 2. The first-order valence-electron chi connectivity index (χ1n) is 9.56. The van der Waals surface area contributed by atoms with Gasteiger partial charge in [0.1, 0.15) is 5.60 Å². The van der Waals surface area contributed by atoms with Gasteiger partial charge in [0, 0.05) is 19.6 Å². The van der Waals surface area contributed by atoms with Gasteiger partial charge in [-0.3, -0.25) is 0 Å². The average Bonchev–Trinajstić information content (AvgIpc) is 2.64. The van der Waals surface area contributed by atoms with E-state index in [0.717, 1.165) is 12.8 Å². The van der Waals surface area contributed by atoms with Gasteiger partial charge in [-0.15, -0.1) is 11.6 Å². The maximum Gasteiger partial charge on any atom is 0.410 e. The van der Waals surface area contributed by atoms with Crippen molar-refractivity contribution in [2.45, 2.75) is 45.3 Å². The number of amides is 1. The van der Waals surface area contributed by atoms with Crippen molar-refractivity contribution in [3.05, 3.63) is 24.0 Å². The lowest BCUT2D eigenvalue weighted by Crippen LogP contribution is -2.42. The van der Waals surface area contributed by atoms with Gasteiger partial charge in [0.05, 0.1) is 24.3 Å². The molecule has 0 spiro atoms. The highest BCUT2D eigenvalue weighted by Crippen LogP contribution is 2.29. The number of alkyl halides is 1. The molecule has 6 nitrogen and oxygen atoms in total. The molecule has 1 unspecified atom stereocenters. The van der Waals surface area contributed by atoms with E-state index in [1.165, 1.54) is 6.07 Å². The number of aliphatic hydroxyl groups is 1. The monoisotopic (exact) mass is 416 g/mol. The summed E-state index contributed by atoms with van der Waals surface area (Å²) in [6.45, 7) is 7.28. The molecule has 1 aromatic carbocycles. The third-order valence-corrected chi connectivity index (χ3v) is 4.76. The third kappa shape index (κ3) is 7.02. The van der Waals surface area contributed by atoms with E-state index < -0.39 is 17.5 Å². The number of piperidine rings is 1. The number of likely N-dealkylation sites (tertiary alicyclic amines) is 1. The van der Waals surface area contributed by atoms with Crippen molar-refractivity contribution in [3.8, 4) is 5.75 Å². The van der Waals surface area contributed by atoms with Crippen molar-refractivity contribution < 1.29 is 23.8 Å². The number of carbonyl (C=O) groups is 1. The van der Waals surface area contributed by atoms with E-state index >= 15 is 0 Å². The van der Waals surface area contributed by atoms with Crippen molar-refractivity contribution >= 4 is 23.4 Å². The first kappa shape index (κ1) is 22.6. The van der Waals surface area contributed by atoms with E-state index in [-0.39, 0.29) is 30.2 Å². The van der Waals surface area contributed by atoms with Crippen LogP contribution in [0.3, 0.4) is 0 Å². The van der Waals surface area contributed by atoms with Crippen molar-refractivity contribution in [2.24, 2.45) is 5.92 Å². The predicted octanol–water partition coefficient (Wildman–Crippen LogP) is 3.86. The van der Waals surface area contributed by atoms with Gasteiger partial charge in [-0.2, -0.15) is 0 Å². The highest BCUT2D eigenvalue weighted by atomic mass is 35.5. The number of rotatable bonds is 7. The van der Waals surface area contributed by atoms with Gasteiger partial charge in [0.15, 0.2) is 11.6 Å². The SMILES string of the molecule is CC(C)(C)OC(=O)N1CCC(COc2c(F)cccc2NCC(O)CCl)CC1.